The van der Waals surface area contributed by atoms with Crippen molar-refractivity contribution in [3.05, 3.63) is 58.6 Å². The van der Waals surface area contributed by atoms with Crippen LogP contribution in [0.25, 0.3) is 0 Å². The van der Waals surface area contributed by atoms with Crippen LogP contribution in [0.2, 0.25) is 0 Å². The van der Waals surface area contributed by atoms with Crippen molar-refractivity contribution >= 4 is 27.6 Å². The standard InChI is InChI=1S/C18H18BrNO3/c1-3-23-18(21)17-16(12-4-6-13(19)7-5-12)20(17)14-8-10-15(22-2)11-9-14/h4-11,16-17H,3H2,1-2H3/t16-,17-,20?/m0/s1. The molecular weight excluding hydrogens is 358 g/mol. The number of ether oxygens (including phenoxy) is 2. The number of hydrogen-bond donors (Lipinski definition) is 0. The average Bonchev–Trinajstić information content (AvgIpc) is 3.31. The summed E-state index contributed by atoms with van der Waals surface area (Å²) in [5.41, 5.74) is 2.08. The SMILES string of the molecule is CCOC(=O)[C@@H]1[C@H](c2ccc(Br)cc2)N1c1ccc(OC)cc1. The number of rotatable bonds is 5. The van der Waals surface area contributed by atoms with Gasteiger partial charge in [-0.1, -0.05) is 28.1 Å². The Morgan fingerprint density at radius 2 is 1.78 bits per heavy atom. The van der Waals surface area contributed by atoms with E-state index in [9.17, 15) is 4.79 Å². The van der Waals surface area contributed by atoms with Crippen molar-refractivity contribution < 1.29 is 14.3 Å². The molecule has 3 rings (SSSR count). The van der Waals surface area contributed by atoms with Gasteiger partial charge in [0.15, 0.2) is 6.04 Å². The fourth-order valence-electron chi connectivity index (χ4n) is 2.78. The molecule has 1 aliphatic rings. The second-order valence-corrected chi connectivity index (χ2v) is 6.21. The molecule has 120 valence electrons. The molecule has 1 fully saturated rings. The summed E-state index contributed by atoms with van der Waals surface area (Å²) < 4.78 is 11.4. The van der Waals surface area contributed by atoms with Crippen molar-refractivity contribution in [3.8, 4) is 5.75 Å². The minimum Gasteiger partial charge on any atom is -0.497 e. The smallest absolute Gasteiger partial charge is 0.331 e. The van der Waals surface area contributed by atoms with E-state index < -0.39 is 0 Å². The van der Waals surface area contributed by atoms with Crippen LogP contribution in [-0.2, 0) is 9.53 Å². The Morgan fingerprint density at radius 1 is 1.13 bits per heavy atom. The Bertz CT molecular complexity index is 684. The van der Waals surface area contributed by atoms with Crippen LogP contribution in [0.15, 0.2) is 53.0 Å². The van der Waals surface area contributed by atoms with Gasteiger partial charge in [0.2, 0.25) is 0 Å². The van der Waals surface area contributed by atoms with E-state index in [1.165, 1.54) is 0 Å². The third-order valence-electron chi connectivity index (χ3n) is 3.92. The number of esters is 1. The highest BCUT2D eigenvalue weighted by Gasteiger charge is 2.54. The second kappa shape index (κ2) is 6.62. The lowest BCUT2D eigenvalue weighted by atomic mass is 10.1. The molecule has 0 aliphatic carbocycles. The molecule has 4 nitrogen and oxygen atoms in total. The number of carbonyl (C=O) groups is 1. The van der Waals surface area contributed by atoms with Crippen LogP contribution < -0.4 is 9.64 Å². The first-order valence-electron chi connectivity index (χ1n) is 7.50. The topological polar surface area (TPSA) is 38.5 Å². The highest BCUT2D eigenvalue weighted by atomic mass is 79.9. The molecule has 23 heavy (non-hydrogen) atoms. The summed E-state index contributed by atoms with van der Waals surface area (Å²) in [6.45, 7) is 2.21. The minimum atomic E-state index is -0.274. The van der Waals surface area contributed by atoms with Crippen molar-refractivity contribution in [2.24, 2.45) is 0 Å². The Hall–Kier alpha value is -2.01. The largest absolute Gasteiger partial charge is 0.497 e. The highest BCUT2D eigenvalue weighted by molar-refractivity contribution is 9.10. The lowest BCUT2D eigenvalue weighted by Gasteiger charge is -2.07. The van der Waals surface area contributed by atoms with Gasteiger partial charge < -0.3 is 14.4 Å². The molecule has 5 heteroatoms. The first kappa shape index (κ1) is 15.9. The molecule has 0 radical (unpaired) electrons. The van der Waals surface area contributed by atoms with Crippen LogP contribution in [0.5, 0.6) is 5.75 Å². The lowest BCUT2D eigenvalue weighted by Crippen LogP contribution is -2.15. The first-order valence-corrected chi connectivity index (χ1v) is 8.29. The third-order valence-corrected chi connectivity index (χ3v) is 4.45. The van der Waals surface area contributed by atoms with Gasteiger partial charge in [-0.2, -0.15) is 0 Å². The van der Waals surface area contributed by atoms with Gasteiger partial charge in [-0.15, -0.1) is 0 Å². The second-order valence-electron chi connectivity index (χ2n) is 5.30. The van der Waals surface area contributed by atoms with Gasteiger partial charge in [0.1, 0.15) is 5.75 Å². The molecule has 2 aromatic carbocycles. The molecule has 2 aromatic rings. The summed E-state index contributed by atoms with van der Waals surface area (Å²) in [5, 5.41) is 0. The van der Waals surface area contributed by atoms with Gasteiger partial charge >= 0.3 is 5.97 Å². The molecule has 0 aromatic heterocycles. The van der Waals surface area contributed by atoms with Crippen molar-refractivity contribution in [2.75, 3.05) is 18.6 Å². The molecule has 1 saturated heterocycles. The van der Waals surface area contributed by atoms with E-state index >= 15 is 0 Å². The number of methoxy groups -OCH3 is 1. The maximum Gasteiger partial charge on any atom is 0.331 e. The fraction of sp³-hybridized carbons (Fsp3) is 0.278. The molecule has 0 bridgehead atoms. The summed E-state index contributed by atoms with van der Waals surface area (Å²) in [7, 11) is 1.64. The van der Waals surface area contributed by atoms with Gasteiger partial charge in [-0.3, -0.25) is 0 Å². The Kier molecular flexibility index (Phi) is 4.57. The van der Waals surface area contributed by atoms with Gasteiger partial charge in [-0.05, 0) is 48.9 Å². The van der Waals surface area contributed by atoms with E-state index in [-0.39, 0.29) is 18.1 Å². The zero-order chi connectivity index (χ0) is 16.4. The third kappa shape index (κ3) is 3.20. The maximum absolute atomic E-state index is 12.3. The number of anilines is 1. The molecule has 1 aliphatic heterocycles. The van der Waals surface area contributed by atoms with Crippen LogP contribution in [0.4, 0.5) is 5.69 Å². The summed E-state index contributed by atoms with van der Waals surface area (Å²) in [6, 6.07) is 15.5. The molecule has 1 heterocycles. The molecule has 0 N–H and O–H groups in total. The lowest BCUT2D eigenvalue weighted by molar-refractivity contribution is -0.142. The predicted molar refractivity (Wildman–Crippen MR) is 92.8 cm³/mol. The summed E-state index contributed by atoms with van der Waals surface area (Å²) >= 11 is 3.44. The first-order chi connectivity index (χ1) is 11.2. The van der Waals surface area contributed by atoms with Crippen LogP contribution >= 0.6 is 15.9 Å². The van der Waals surface area contributed by atoms with E-state index in [4.69, 9.17) is 9.47 Å². The highest BCUT2D eigenvalue weighted by Crippen LogP contribution is 2.47. The van der Waals surface area contributed by atoms with Crippen LogP contribution in [0.3, 0.4) is 0 Å². The summed E-state index contributed by atoms with van der Waals surface area (Å²) in [6.07, 6.45) is 0. The van der Waals surface area contributed by atoms with Crippen LogP contribution in [0, 0.1) is 0 Å². The maximum atomic E-state index is 12.3. The minimum absolute atomic E-state index is 0.00976. The molecule has 2 atom stereocenters. The van der Waals surface area contributed by atoms with Gasteiger partial charge in [0.05, 0.1) is 19.8 Å². The van der Waals surface area contributed by atoms with Crippen molar-refractivity contribution in [1.29, 1.82) is 0 Å². The van der Waals surface area contributed by atoms with Crippen molar-refractivity contribution in [1.82, 2.24) is 0 Å². The van der Waals surface area contributed by atoms with E-state index in [1.807, 2.05) is 55.5 Å². The molecule has 0 amide bonds. The van der Waals surface area contributed by atoms with E-state index in [0.717, 1.165) is 21.5 Å². The Labute approximate surface area is 144 Å². The van der Waals surface area contributed by atoms with Gasteiger partial charge in [0.25, 0.3) is 0 Å². The number of nitrogens with zero attached hydrogens (tertiary/aromatic N) is 1. The van der Waals surface area contributed by atoms with Crippen molar-refractivity contribution in [3.63, 3.8) is 0 Å². The monoisotopic (exact) mass is 375 g/mol. The molecular formula is C18H18BrNO3. The predicted octanol–water partition coefficient (Wildman–Crippen LogP) is 3.95. The zero-order valence-electron chi connectivity index (χ0n) is 13.0. The fourth-order valence-corrected chi connectivity index (χ4v) is 3.04. The molecule has 0 saturated carbocycles. The quantitative estimate of drug-likeness (QED) is 0.585. The molecule has 0 spiro atoms. The van der Waals surface area contributed by atoms with Crippen LogP contribution in [0.1, 0.15) is 18.5 Å². The normalized spacial score (nSPS) is 19.3. The van der Waals surface area contributed by atoms with Crippen LogP contribution in [-0.4, -0.2) is 25.7 Å². The zero-order valence-corrected chi connectivity index (χ0v) is 14.6. The Morgan fingerprint density at radius 3 is 2.35 bits per heavy atom. The van der Waals surface area contributed by atoms with Crippen molar-refractivity contribution in [2.45, 2.75) is 19.0 Å². The van der Waals surface area contributed by atoms with Gasteiger partial charge in [-0.25, -0.2) is 4.79 Å². The van der Waals surface area contributed by atoms with E-state index in [1.54, 1.807) is 7.11 Å². The molecule has 0 unspecified atom stereocenters. The van der Waals surface area contributed by atoms with E-state index in [0.29, 0.717) is 6.61 Å². The number of benzene rings is 2. The van der Waals surface area contributed by atoms with Gasteiger partial charge in [0, 0.05) is 10.2 Å². The number of halogens is 1. The number of hydrogen-bond acceptors (Lipinski definition) is 4. The summed E-state index contributed by atoms with van der Waals surface area (Å²) in [5.74, 6) is 0.611. The Balaban J connectivity index is 1.88. The number of carbonyl (C=O) groups excluding carboxylic acids is 1. The average molecular weight is 376 g/mol. The summed E-state index contributed by atoms with van der Waals surface area (Å²) in [4.78, 5) is 14.3. The van der Waals surface area contributed by atoms with E-state index in [2.05, 4.69) is 20.8 Å².